The van der Waals surface area contributed by atoms with E-state index in [1.54, 1.807) is 4.57 Å². The Bertz CT molecular complexity index is 1290. The van der Waals surface area contributed by atoms with Crippen molar-refractivity contribution in [2.24, 2.45) is 0 Å². The highest BCUT2D eigenvalue weighted by Gasteiger charge is 2.66. The summed E-state index contributed by atoms with van der Waals surface area (Å²) >= 11 is 0. The van der Waals surface area contributed by atoms with Gasteiger partial charge in [0, 0.05) is 13.5 Å². The number of nitrogens with two attached hydrogens (primary N) is 1. The predicted molar refractivity (Wildman–Crippen MR) is 126 cm³/mol. The smallest absolute Gasteiger partial charge is 0.339 e. The monoisotopic (exact) mass is 551 g/mol. The van der Waals surface area contributed by atoms with Crippen LogP contribution in [0.2, 0.25) is 0 Å². The molecule has 0 aliphatic carbocycles. The maximum atomic E-state index is 12.6. The number of carbonyl (C=O) groups excluding carboxylic acids is 2. The Morgan fingerprint density at radius 2 is 2.03 bits per heavy atom. The van der Waals surface area contributed by atoms with Crippen LogP contribution in [0.25, 0.3) is 11.2 Å². The summed E-state index contributed by atoms with van der Waals surface area (Å²) in [7, 11) is 2.51. The van der Waals surface area contributed by atoms with Gasteiger partial charge in [-0.2, -0.15) is 0 Å². The summed E-state index contributed by atoms with van der Waals surface area (Å²) in [5, 5.41) is 32.3. The molecule has 3 fully saturated rings. The number of ether oxygens (including phenoxy) is 6. The van der Waals surface area contributed by atoms with Gasteiger partial charge >= 0.3 is 11.9 Å². The quantitative estimate of drug-likeness (QED) is 0.224. The van der Waals surface area contributed by atoms with Crippen molar-refractivity contribution >= 4 is 28.9 Å². The molecule has 3 aliphatic heterocycles. The number of esters is 2. The van der Waals surface area contributed by atoms with Gasteiger partial charge in [-0.1, -0.05) is 6.08 Å². The molecular formula is C23H29N5O11. The molecule has 9 unspecified atom stereocenters. The number of aliphatic hydroxyl groups is 3. The number of methoxy groups -OCH3 is 2. The highest BCUT2D eigenvalue weighted by atomic mass is 16.7. The van der Waals surface area contributed by atoms with Crippen molar-refractivity contribution in [1.82, 2.24) is 19.5 Å². The number of aliphatic hydroxyl groups excluding tert-OH is 2. The Kier molecular flexibility index (Phi) is 7.27. The molecular weight excluding hydrogens is 522 g/mol. The van der Waals surface area contributed by atoms with Gasteiger partial charge in [0.25, 0.3) is 0 Å². The van der Waals surface area contributed by atoms with E-state index < -0.39 is 73.3 Å². The summed E-state index contributed by atoms with van der Waals surface area (Å²) in [5.74, 6) is -4.24. The summed E-state index contributed by atoms with van der Waals surface area (Å²) in [6.07, 6.45) is -5.92. The number of aromatic nitrogens is 4. The molecule has 9 atom stereocenters. The van der Waals surface area contributed by atoms with Gasteiger partial charge in [0.15, 0.2) is 36.0 Å². The van der Waals surface area contributed by atoms with E-state index in [-0.39, 0.29) is 17.8 Å². The lowest BCUT2D eigenvalue weighted by Crippen LogP contribution is -2.73. The van der Waals surface area contributed by atoms with Crippen LogP contribution in [0.1, 0.15) is 19.6 Å². The van der Waals surface area contributed by atoms with Crippen molar-refractivity contribution in [3.8, 4) is 0 Å². The van der Waals surface area contributed by atoms with Gasteiger partial charge in [-0.3, -0.25) is 4.57 Å². The highest BCUT2D eigenvalue weighted by molar-refractivity contribution is 5.89. The van der Waals surface area contributed by atoms with Gasteiger partial charge in [-0.25, -0.2) is 24.5 Å². The zero-order valence-electron chi connectivity index (χ0n) is 21.2. The summed E-state index contributed by atoms with van der Waals surface area (Å²) < 4.78 is 35.4. The van der Waals surface area contributed by atoms with Gasteiger partial charge in [-0.15, -0.1) is 0 Å². The molecule has 5 N–H and O–H groups in total. The van der Waals surface area contributed by atoms with Crippen LogP contribution in [0.5, 0.6) is 0 Å². The fourth-order valence-electron chi connectivity index (χ4n) is 5.22. The third-order valence-electron chi connectivity index (χ3n) is 7.25. The molecule has 2 aromatic heterocycles. The summed E-state index contributed by atoms with van der Waals surface area (Å²) in [6.45, 7) is 0.848. The topological polar surface area (TPSA) is 220 Å². The van der Waals surface area contributed by atoms with Gasteiger partial charge in [0.05, 0.1) is 31.7 Å². The molecule has 39 heavy (non-hydrogen) atoms. The average Bonchev–Trinajstić information content (AvgIpc) is 3.51. The summed E-state index contributed by atoms with van der Waals surface area (Å²) in [6, 6.07) is 0. The van der Waals surface area contributed by atoms with Crippen molar-refractivity contribution in [3.63, 3.8) is 0 Å². The average molecular weight is 552 g/mol. The van der Waals surface area contributed by atoms with E-state index in [4.69, 9.17) is 34.2 Å². The number of allylic oxidation sites excluding steroid dienone is 1. The van der Waals surface area contributed by atoms with Crippen molar-refractivity contribution < 1.29 is 53.3 Å². The van der Waals surface area contributed by atoms with Crippen molar-refractivity contribution in [2.75, 3.05) is 26.6 Å². The first-order chi connectivity index (χ1) is 18.7. The maximum absolute atomic E-state index is 12.6. The lowest BCUT2D eigenvalue weighted by molar-refractivity contribution is -0.397. The van der Waals surface area contributed by atoms with E-state index in [2.05, 4.69) is 15.0 Å². The molecule has 3 aliphatic rings. The van der Waals surface area contributed by atoms with Crippen LogP contribution in [-0.2, 0) is 38.0 Å². The predicted octanol–water partition coefficient (Wildman–Crippen LogP) is -2.05. The molecule has 0 bridgehead atoms. The number of nitrogens with zero attached hydrogens (tertiary/aromatic N) is 4. The zero-order valence-corrected chi connectivity index (χ0v) is 21.2. The largest absolute Gasteiger partial charge is 0.467 e. The van der Waals surface area contributed by atoms with E-state index in [0.717, 1.165) is 7.11 Å². The van der Waals surface area contributed by atoms with Gasteiger partial charge < -0.3 is 49.5 Å². The van der Waals surface area contributed by atoms with Gasteiger partial charge in [-0.05, 0) is 6.92 Å². The van der Waals surface area contributed by atoms with Crippen LogP contribution in [-0.4, -0.2) is 116 Å². The highest BCUT2D eigenvalue weighted by Crippen LogP contribution is 2.47. The standard InChI is InChI=1S/C23H29N5O11/c1-4-9(6-29)21(31)38-14-16(22(32)35-3)37-11-5-10-13(39-23(11,33)17(14)30)15(34-2)20(36-10)28-8-27-12-18(24)25-7-26-19(12)28/h4,7-8,10-11,13-17,20,29-30,33H,5-6H2,1-3H3,(H2,24,25,26). The third kappa shape index (κ3) is 4.33. The van der Waals surface area contributed by atoms with Crippen LogP contribution in [0.3, 0.4) is 0 Å². The van der Waals surface area contributed by atoms with Crippen LogP contribution in [0, 0.1) is 0 Å². The molecule has 3 saturated heterocycles. The molecule has 16 nitrogen and oxygen atoms in total. The number of rotatable bonds is 6. The Morgan fingerprint density at radius 1 is 1.26 bits per heavy atom. The number of anilines is 1. The minimum atomic E-state index is -2.44. The van der Waals surface area contributed by atoms with Gasteiger partial charge in [0.1, 0.15) is 30.2 Å². The van der Waals surface area contributed by atoms with Crippen LogP contribution < -0.4 is 5.73 Å². The Balaban J connectivity index is 1.46. The number of imidazole rings is 1. The molecule has 0 radical (unpaired) electrons. The first-order valence-electron chi connectivity index (χ1n) is 12.1. The number of carbonyl (C=O) groups is 2. The lowest BCUT2D eigenvalue weighted by atomic mass is 9.84. The maximum Gasteiger partial charge on any atom is 0.339 e. The van der Waals surface area contributed by atoms with E-state index in [1.165, 1.54) is 32.8 Å². The first kappa shape index (κ1) is 27.3. The SMILES string of the molecule is CC=C(CO)C(=O)OC1C(C(=O)OC)OC2CC3OC(n4cnc5c(N)ncnc54)C(OC)C3OC2(O)C1O. The molecule has 5 rings (SSSR count). The van der Waals surface area contributed by atoms with Gasteiger partial charge in [0.2, 0.25) is 5.79 Å². The molecule has 0 saturated carbocycles. The second-order valence-corrected chi connectivity index (χ2v) is 9.27. The van der Waals surface area contributed by atoms with Crippen molar-refractivity contribution in [3.05, 3.63) is 24.3 Å². The second-order valence-electron chi connectivity index (χ2n) is 9.27. The Morgan fingerprint density at radius 3 is 2.69 bits per heavy atom. The number of fused-ring (bicyclic) bond motifs is 3. The van der Waals surface area contributed by atoms with E-state index in [1.807, 2.05) is 0 Å². The first-order valence-corrected chi connectivity index (χ1v) is 12.1. The number of hydrogen-bond acceptors (Lipinski definition) is 15. The number of hydrogen-bond donors (Lipinski definition) is 4. The minimum Gasteiger partial charge on any atom is -0.467 e. The fourth-order valence-corrected chi connectivity index (χ4v) is 5.22. The lowest BCUT2D eigenvalue weighted by Gasteiger charge is -2.52. The molecule has 0 amide bonds. The third-order valence-corrected chi connectivity index (χ3v) is 7.25. The van der Waals surface area contributed by atoms with Crippen LogP contribution in [0.15, 0.2) is 24.3 Å². The van der Waals surface area contributed by atoms with E-state index >= 15 is 0 Å². The Labute approximate surface area is 221 Å². The molecule has 16 heteroatoms. The van der Waals surface area contributed by atoms with Crippen LogP contribution in [0.4, 0.5) is 5.82 Å². The minimum absolute atomic E-state index is 0.0384. The Hall–Kier alpha value is -3.25. The summed E-state index contributed by atoms with van der Waals surface area (Å²) in [4.78, 5) is 37.5. The molecule has 0 spiro atoms. The zero-order chi connectivity index (χ0) is 28.1. The molecule has 2 aromatic rings. The molecule has 212 valence electrons. The summed E-state index contributed by atoms with van der Waals surface area (Å²) in [5.41, 5.74) is 6.50. The van der Waals surface area contributed by atoms with Crippen molar-refractivity contribution in [2.45, 2.75) is 68.1 Å². The normalized spacial score (nSPS) is 36.3. The molecule has 5 heterocycles. The fraction of sp³-hybridized carbons (Fsp3) is 0.609. The second kappa shape index (κ2) is 10.4. The molecule has 0 aromatic carbocycles. The van der Waals surface area contributed by atoms with E-state index in [0.29, 0.717) is 11.2 Å². The number of nitrogen functional groups attached to an aromatic ring is 1. The van der Waals surface area contributed by atoms with Crippen LogP contribution >= 0.6 is 0 Å². The van der Waals surface area contributed by atoms with E-state index in [9.17, 15) is 24.9 Å². The van der Waals surface area contributed by atoms with Crippen molar-refractivity contribution in [1.29, 1.82) is 0 Å².